The molecule has 1 aromatic carbocycles. The maximum Gasteiger partial charge on any atom is 0.510 e. The van der Waals surface area contributed by atoms with Crippen LogP contribution in [-0.2, 0) is 24.0 Å². The Morgan fingerprint density at radius 1 is 1.14 bits per heavy atom. The first-order chi connectivity index (χ1) is 10.1. The molecule has 0 fully saturated rings. The predicted octanol–water partition coefficient (Wildman–Crippen LogP) is 1.54. The highest BCUT2D eigenvalue weighted by atomic mass is 17.2. The monoisotopic (exact) mass is 300 g/mol. The molecule has 116 valence electrons. The highest BCUT2D eigenvalue weighted by Crippen LogP contribution is 2.18. The van der Waals surface area contributed by atoms with Gasteiger partial charge in [0.25, 0.3) is 6.29 Å². The zero-order valence-electron chi connectivity index (χ0n) is 11.9. The van der Waals surface area contributed by atoms with Crippen LogP contribution >= 0.6 is 0 Å². The fraction of sp³-hybridized carbons (Fsp3) is 0.385. The van der Waals surface area contributed by atoms with E-state index in [0.29, 0.717) is 5.75 Å². The molecule has 0 saturated heterocycles. The molecule has 1 rings (SSSR count). The van der Waals surface area contributed by atoms with Crippen molar-refractivity contribution < 1.29 is 38.3 Å². The van der Waals surface area contributed by atoms with Gasteiger partial charge in [-0.3, -0.25) is 4.89 Å². The lowest BCUT2D eigenvalue weighted by atomic mass is 10.2. The molecule has 1 aromatic rings. The van der Waals surface area contributed by atoms with E-state index in [1.54, 1.807) is 18.2 Å². The van der Waals surface area contributed by atoms with E-state index in [1.807, 2.05) is 0 Å². The molecule has 0 aliphatic rings. The fourth-order valence-electron chi connectivity index (χ4n) is 1.33. The minimum absolute atomic E-state index is 0.145. The first-order valence-corrected chi connectivity index (χ1v) is 5.86. The van der Waals surface area contributed by atoms with Crippen LogP contribution in [0, 0.1) is 0 Å². The molecule has 1 atom stereocenters. The predicted molar refractivity (Wildman–Crippen MR) is 68.6 cm³/mol. The maximum absolute atomic E-state index is 11.8. The Morgan fingerprint density at radius 3 is 2.48 bits per heavy atom. The van der Waals surface area contributed by atoms with Crippen molar-refractivity contribution in [3.05, 3.63) is 29.8 Å². The molecule has 0 aliphatic heterocycles. The Labute approximate surface area is 121 Å². The van der Waals surface area contributed by atoms with E-state index in [1.165, 1.54) is 20.3 Å². The summed E-state index contributed by atoms with van der Waals surface area (Å²) in [6.07, 6.45) is -2.24. The summed E-state index contributed by atoms with van der Waals surface area (Å²) < 4.78 is 18.7. The van der Waals surface area contributed by atoms with Crippen LogP contribution in [-0.4, -0.2) is 46.4 Å². The van der Waals surface area contributed by atoms with E-state index in [4.69, 9.17) is 14.4 Å². The molecule has 0 spiro atoms. The van der Waals surface area contributed by atoms with Crippen molar-refractivity contribution in [2.45, 2.75) is 6.29 Å². The van der Waals surface area contributed by atoms with Gasteiger partial charge in [0.15, 0.2) is 0 Å². The molecule has 0 N–H and O–H groups in total. The summed E-state index contributed by atoms with van der Waals surface area (Å²) in [4.78, 5) is 32.1. The second-order valence-corrected chi connectivity index (χ2v) is 3.62. The fourth-order valence-corrected chi connectivity index (χ4v) is 1.33. The summed E-state index contributed by atoms with van der Waals surface area (Å²) >= 11 is 0. The van der Waals surface area contributed by atoms with Crippen LogP contribution in [0.2, 0.25) is 0 Å². The van der Waals surface area contributed by atoms with Crippen molar-refractivity contribution in [1.82, 2.24) is 0 Å². The highest BCUT2D eigenvalue weighted by Gasteiger charge is 2.21. The lowest BCUT2D eigenvalue weighted by Crippen LogP contribution is -2.27. The zero-order valence-corrected chi connectivity index (χ0v) is 11.9. The van der Waals surface area contributed by atoms with Gasteiger partial charge >= 0.3 is 12.1 Å². The molecule has 0 amide bonds. The third-order valence-electron chi connectivity index (χ3n) is 2.26. The van der Waals surface area contributed by atoms with Gasteiger partial charge in [0, 0.05) is 7.11 Å². The van der Waals surface area contributed by atoms with Crippen LogP contribution in [0.15, 0.2) is 24.3 Å². The first kappa shape index (κ1) is 16.7. The van der Waals surface area contributed by atoms with Crippen molar-refractivity contribution in [2.75, 3.05) is 27.9 Å². The van der Waals surface area contributed by atoms with Crippen molar-refractivity contribution in [1.29, 1.82) is 0 Å². The van der Waals surface area contributed by atoms with Crippen molar-refractivity contribution in [3.63, 3.8) is 0 Å². The number of rotatable bonds is 7. The summed E-state index contributed by atoms with van der Waals surface area (Å²) in [5.74, 6) is -0.481. The maximum atomic E-state index is 11.8. The molecular formula is C13H16O8. The second kappa shape index (κ2) is 8.77. The number of hydrogen-bond donors (Lipinski definition) is 0. The van der Waals surface area contributed by atoms with Crippen LogP contribution in [0.1, 0.15) is 10.4 Å². The summed E-state index contributed by atoms with van der Waals surface area (Å²) in [5, 5.41) is 0. The van der Waals surface area contributed by atoms with Gasteiger partial charge in [-0.25, -0.2) is 9.59 Å². The number of para-hydroxylation sites is 1. The minimum Gasteiger partial charge on any atom is -0.496 e. The number of benzene rings is 1. The molecule has 8 heteroatoms. The molecule has 1 unspecified atom stereocenters. The van der Waals surface area contributed by atoms with Gasteiger partial charge in [-0.2, -0.15) is 0 Å². The van der Waals surface area contributed by atoms with Crippen LogP contribution < -0.4 is 4.74 Å². The molecule has 0 aromatic heterocycles. The van der Waals surface area contributed by atoms with Crippen LogP contribution in [0.3, 0.4) is 0 Å². The molecule has 0 bridgehead atoms. The van der Waals surface area contributed by atoms with Crippen LogP contribution in [0.4, 0.5) is 4.79 Å². The van der Waals surface area contributed by atoms with E-state index < -0.39 is 18.4 Å². The van der Waals surface area contributed by atoms with E-state index in [9.17, 15) is 9.59 Å². The quantitative estimate of drug-likeness (QED) is 0.324. The molecule has 0 saturated carbocycles. The number of methoxy groups -OCH3 is 3. The van der Waals surface area contributed by atoms with Crippen molar-refractivity contribution in [3.8, 4) is 5.75 Å². The van der Waals surface area contributed by atoms with Gasteiger partial charge in [-0.15, -0.1) is 4.89 Å². The summed E-state index contributed by atoms with van der Waals surface area (Å²) in [6.45, 7) is -0.145. The van der Waals surface area contributed by atoms with Crippen LogP contribution in [0.5, 0.6) is 5.75 Å². The van der Waals surface area contributed by atoms with Gasteiger partial charge in [-0.1, -0.05) is 12.1 Å². The number of hydrogen-bond acceptors (Lipinski definition) is 8. The molecule has 0 radical (unpaired) electrons. The molecular weight excluding hydrogens is 284 g/mol. The number of carbonyl (C=O) groups excluding carboxylic acids is 2. The standard InChI is InChI=1S/C13H16O8/c1-16-8-11(19-13(15)18-3)20-21-12(14)9-6-4-5-7-10(9)17-2/h4-7,11H,8H2,1-3H3. The minimum atomic E-state index is -1.25. The largest absolute Gasteiger partial charge is 0.510 e. The number of carbonyl (C=O) groups is 2. The van der Waals surface area contributed by atoms with Crippen LogP contribution in [0.25, 0.3) is 0 Å². The van der Waals surface area contributed by atoms with E-state index in [2.05, 4.69) is 14.4 Å². The van der Waals surface area contributed by atoms with Gasteiger partial charge in [0.05, 0.1) is 14.2 Å². The third-order valence-corrected chi connectivity index (χ3v) is 2.26. The Balaban J connectivity index is 2.62. The smallest absolute Gasteiger partial charge is 0.496 e. The first-order valence-electron chi connectivity index (χ1n) is 5.86. The molecule has 0 aliphatic carbocycles. The van der Waals surface area contributed by atoms with E-state index in [0.717, 1.165) is 7.11 Å². The zero-order chi connectivity index (χ0) is 15.7. The Hall–Kier alpha value is -2.32. The Morgan fingerprint density at radius 2 is 1.86 bits per heavy atom. The average Bonchev–Trinajstić information content (AvgIpc) is 2.52. The van der Waals surface area contributed by atoms with Gasteiger partial charge in [-0.05, 0) is 12.1 Å². The Bertz CT molecular complexity index is 473. The normalized spacial score (nSPS) is 11.4. The molecule has 0 heterocycles. The third kappa shape index (κ3) is 5.28. The molecule has 21 heavy (non-hydrogen) atoms. The number of ether oxygens (including phenoxy) is 4. The average molecular weight is 300 g/mol. The van der Waals surface area contributed by atoms with Crippen molar-refractivity contribution >= 4 is 12.1 Å². The van der Waals surface area contributed by atoms with E-state index >= 15 is 0 Å². The SMILES string of the molecule is COCC(OOC(=O)c1ccccc1OC)OC(=O)OC. The second-order valence-electron chi connectivity index (χ2n) is 3.62. The van der Waals surface area contributed by atoms with Gasteiger partial charge in [0.1, 0.15) is 17.9 Å². The Kier molecular flexibility index (Phi) is 6.99. The summed E-state index contributed by atoms with van der Waals surface area (Å²) in [6, 6.07) is 6.42. The lowest BCUT2D eigenvalue weighted by molar-refractivity contribution is -0.335. The molecule has 8 nitrogen and oxygen atoms in total. The van der Waals surface area contributed by atoms with Gasteiger partial charge < -0.3 is 18.9 Å². The lowest BCUT2D eigenvalue weighted by Gasteiger charge is -2.15. The summed E-state index contributed by atoms with van der Waals surface area (Å²) in [7, 11) is 3.91. The summed E-state index contributed by atoms with van der Waals surface area (Å²) in [5.41, 5.74) is 0.161. The van der Waals surface area contributed by atoms with Crippen molar-refractivity contribution in [2.24, 2.45) is 0 Å². The van der Waals surface area contributed by atoms with Gasteiger partial charge in [0.2, 0.25) is 0 Å². The highest BCUT2D eigenvalue weighted by molar-refractivity contribution is 5.92. The van der Waals surface area contributed by atoms with E-state index in [-0.39, 0.29) is 12.2 Å². The topological polar surface area (TPSA) is 89.5 Å².